The van der Waals surface area contributed by atoms with Gasteiger partial charge < -0.3 is 29.6 Å². The third kappa shape index (κ3) is 6.57. The van der Waals surface area contributed by atoms with Gasteiger partial charge >= 0.3 is 0 Å². The van der Waals surface area contributed by atoms with E-state index in [9.17, 15) is 14.4 Å². The summed E-state index contributed by atoms with van der Waals surface area (Å²) in [6.07, 6.45) is 4.48. The third-order valence-electron chi connectivity index (χ3n) is 7.23. The topological polar surface area (TPSA) is 143 Å². The highest BCUT2D eigenvalue weighted by Gasteiger charge is 2.24. The average molecular weight is 618 g/mol. The van der Waals surface area contributed by atoms with Gasteiger partial charge in [-0.15, -0.1) is 0 Å². The smallest absolute Gasteiger partial charge is 0.262 e. The van der Waals surface area contributed by atoms with E-state index in [-0.39, 0.29) is 43.9 Å². The molecule has 2 N–H and O–H groups in total. The Bertz CT molecular complexity index is 1750. The van der Waals surface area contributed by atoms with E-state index >= 15 is 0 Å². The number of carbonyl (C=O) groups is 2. The van der Waals surface area contributed by atoms with Crippen molar-refractivity contribution in [3.63, 3.8) is 0 Å². The maximum Gasteiger partial charge on any atom is 0.262 e. The predicted molar refractivity (Wildman–Crippen MR) is 162 cm³/mol. The average Bonchev–Trinajstić information content (AvgIpc) is 3.71. The first kappa shape index (κ1) is 29.3. The number of pyridine rings is 1. The zero-order chi connectivity index (χ0) is 30.5. The lowest BCUT2D eigenvalue weighted by atomic mass is 10.2. The minimum Gasteiger partial charge on any atom is -0.454 e. The van der Waals surface area contributed by atoms with Crippen molar-refractivity contribution in [1.82, 2.24) is 25.2 Å². The summed E-state index contributed by atoms with van der Waals surface area (Å²) in [5.74, 6) is 2.01. The van der Waals surface area contributed by atoms with Crippen LogP contribution in [0.25, 0.3) is 10.9 Å². The van der Waals surface area contributed by atoms with Crippen molar-refractivity contribution in [3.8, 4) is 23.0 Å². The number of aromatic nitrogens is 3. The Morgan fingerprint density at radius 2 is 1.70 bits per heavy atom. The summed E-state index contributed by atoms with van der Waals surface area (Å²) in [5.41, 5.74) is 1.95. The van der Waals surface area contributed by atoms with Crippen LogP contribution in [0.3, 0.4) is 0 Å². The molecule has 12 nitrogen and oxygen atoms in total. The first-order valence-corrected chi connectivity index (χ1v) is 15.2. The number of fused-ring (bicyclic) bond motifs is 3. The summed E-state index contributed by atoms with van der Waals surface area (Å²) >= 11 is 1.23. The minimum absolute atomic E-state index is 0.0673. The Kier molecular flexibility index (Phi) is 8.82. The van der Waals surface area contributed by atoms with Crippen molar-refractivity contribution in [3.05, 3.63) is 76.3 Å². The van der Waals surface area contributed by atoms with Gasteiger partial charge in [-0.3, -0.25) is 23.9 Å². The maximum absolute atomic E-state index is 13.8. The summed E-state index contributed by atoms with van der Waals surface area (Å²) in [7, 11) is 0. The molecule has 0 aliphatic carbocycles. The maximum atomic E-state index is 13.8. The van der Waals surface area contributed by atoms with Gasteiger partial charge in [0.05, 0.1) is 16.2 Å². The van der Waals surface area contributed by atoms with E-state index in [0.717, 1.165) is 11.1 Å². The quantitative estimate of drug-likeness (QED) is 0.179. The highest BCUT2D eigenvalue weighted by molar-refractivity contribution is 8.00. The Balaban J connectivity index is 1.16. The van der Waals surface area contributed by atoms with Gasteiger partial charge in [0.1, 0.15) is 0 Å². The number of ether oxygens (including phenoxy) is 4. The van der Waals surface area contributed by atoms with E-state index in [1.54, 1.807) is 24.5 Å². The van der Waals surface area contributed by atoms with Gasteiger partial charge in [0.25, 0.3) is 5.56 Å². The summed E-state index contributed by atoms with van der Waals surface area (Å²) in [6, 6.07) is 12.6. The van der Waals surface area contributed by atoms with E-state index in [4.69, 9.17) is 23.9 Å². The molecule has 0 bridgehead atoms. The zero-order valence-electron chi connectivity index (χ0n) is 24.0. The number of benzene rings is 2. The second-order valence-electron chi connectivity index (χ2n) is 10.2. The highest BCUT2D eigenvalue weighted by atomic mass is 32.2. The largest absolute Gasteiger partial charge is 0.454 e. The van der Waals surface area contributed by atoms with Gasteiger partial charge in [-0.25, -0.2) is 4.98 Å². The number of thioether (sulfide) groups is 1. The van der Waals surface area contributed by atoms with Crippen LogP contribution in [-0.2, 0) is 29.2 Å². The van der Waals surface area contributed by atoms with Crippen LogP contribution < -0.4 is 35.1 Å². The molecule has 6 rings (SSSR count). The molecule has 0 spiro atoms. The Morgan fingerprint density at radius 1 is 0.955 bits per heavy atom. The molecule has 44 heavy (non-hydrogen) atoms. The third-order valence-corrected chi connectivity index (χ3v) is 8.58. The Morgan fingerprint density at radius 3 is 2.48 bits per heavy atom. The van der Waals surface area contributed by atoms with Gasteiger partial charge in [-0.1, -0.05) is 30.8 Å². The van der Waals surface area contributed by atoms with Gasteiger partial charge in [0.15, 0.2) is 28.2 Å². The lowest BCUT2D eigenvalue weighted by molar-refractivity contribution is -0.121. The molecule has 0 fully saturated rings. The van der Waals surface area contributed by atoms with E-state index in [0.29, 0.717) is 65.0 Å². The second kappa shape index (κ2) is 13.2. The molecule has 13 heteroatoms. The van der Waals surface area contributed by atoms with Gasteiger partial charge in [0, 0.05) is 44.5 Å². The van der Waals surface area contributed by atoms with Gasteiger partial charge in [-0.05, 0) is 48.2 Å². The molecule has 2 aliphatic heterocycles. The normalized spacial score (nSPS) is 13.6. The standard InChI is InChI=1S/C31H31N5O7S/c1-2-27(29(38)34-16-20-5-3-9-32-14-20)44-31-35-22-13-26-25(42-18-43-26)12-21(22)30(39)36(31)10-4-6-28(37)33-15-19-7-8-23-24(11-19)41-17-40-23/h3,5,7-9,11-14,27H,2,4,6,10,15-18H2,1H3,(H,33,37)(H,34,38)/t27-/m1/s1. The van der Waals surface area contributed by atoms with Crippen molar-refractivity contribution < 1.29 is 28.5 Å². The van der Waals surface area contributed by atoms with Crippen LogP contribution >= 0.6 is 11.8 Å². The first-order valence-electron chi connectivity index (χ1n) is 14.3. The molecule has 0 radical (unpaired) electrons. The van der Waals surface area contributed by atoms with Crippen molar-refractivity contribution in [2.24, 2.45) is 0 Å². The molecule has 4 aromatic rings. The number of hydrogen-bond acceptors (Lipinski definition) is 10. The molecule has 2 aromatic heterocycles. The lowest BCUT2D eigenvalue weighted by Crippen LogP contribution is -2.33. The SMILES string of the molecule is CC[C@@H](Sc1nc2cc3c(cc2c(=O)n1CCCC(=O)NCc1ccc2c(c1)OCO2)OCO3)C(=O)NCc1cccnc1. The van der Waals surface area contributed by atoms with E-state index in [1.165, 1.54) is 16.3 Å². The summed E-state index contributed by atoms with van der Waals surface area (Å²) in [4.78, 5) is 48.5. The van der Waals surface area contributed by atoms with Crippen LogP contribution in [0.15, 0.2) is 64.8 Å². The van der Waals surface area contributed by atoms with Crippen molar-refractivity contribution in [2.75, 3.05) is 13.6 Å². The molecule has 228 valence electrons. The van der Waals surface area contributed by atoms with Gasteiger partial charge in [0.2, 0.25) is 25.4 Å². The van der Waals surface area contributed by atoms with E-state index in [2.05, 4.69) is 15.6 Å². The fraction of sp³-hybridized carbons (Fsp3) is 0.323. The summed E-state index contributed by atoms with van der Waals surface area (Å²) < 4.78 is 23.3. The fourth-order valence-corrected chi connectivity index (χ4v) is 5.93. The molecular formula is C31H31N5O7S. The van der Waals surface area contributed by atoms with E-state index < -0.39 is 5.25 Å². The molecule has 2 aromatic carbocycles. The number of amides is 2. The van der Waals surface area contributed by atoms with Crippen molar-refractivity contribution in [2.45, 2.75) is 56.2 Å². The molecule has 2 aliphatic rings. The lowest BCUT2D eigenvalue weighted by Gasteiger charge is -2.18. The highest BCUT2D eigenvalue weighted by Crippen LogP contribution is 2.36. The number of rotatable bonds is 12. The van der Waals surface area contributed by atoms with Crippen LogP contribution in [0.4, 0.5) is 0 Å². The van der Waals surface area contributed by atoms with Crippen LogP contribution in [0.1, 0.15) is 37.3 Å². The van der Waals surface area contributed by atoms with Gasteiger partial charge in [-0.2, -0.15) is 0 Å². The summed E-state index contributed by atoms with van der Waals surface area (Å²) in [5, 5.41) is 6.14. The zero-order valence-corrected chi connectivity index (χ0v) is 24.9. The van der Waals surface area contributed by atoms with Crippen molar-refractivity contribution >= 4 is 34.5 Å². The van der Waals surface area contributed by atoms with E-state index in [1.807, 2.05) is 37.3 Å². The first-order chi connectivity index (χ1) is 21.5. The summed E-state index contributed by atoms with van der Waals surface area (Å²) in [6.45, 7) is 3.09. The molecular weight excluding hydrogens is 586 g/mol. The minimum atomic E-state index is -0.499. The number of hydrogen-bond donors (Lipinski definition) is 2. The van der Waals surface area contributed by atoms with Crippen LogP contribution in [0.2, 0.25) is 0 Å². The molecule has 2 amide bonds. The van der Waals surface area contributed by atoms with Crippen LogP contribution in [0.5, 0.6) is 23.0 Å². The van der Waals surface area contributed by atoms with Crippen LogP contribution in [0, 0.1) is 0 Å². The fourth-order valence-electron chi connectivity index (χ4n) is 4.87. The number of nitrogens with zero attached hydrogens (tertiary/aromatic N) is 3. The molecule has 1 atom stereocenters. The predicted octanol–water partition coefficient (Wildman–Crippen LogP) is 3.53. The Labute approximate surface area is 257 Å². The Hall–Kier alpha value is -4.78. The van der Waals surface area contributed by atoms with Crippen molar-refractivity contribution in [1.29, 1.82) is 0 Å². The molecule has 0 saturated carbocycles. The second-order valence-corrected chi connectivity index (χ2v) is 11.4. The monoisotopic (exact) mass is 617 g/mol. The number of carbonyl (C=O) groups excluding carboxylic acids is 2. The number of nitrogens with one attached hydrogen (secondary N) is 2. The van der Waals surface area contributed by atoms with Crippen LogP contribution in [-0.4, -0.2) is 45.2 Å². The molecule has 4 heterocycles. The molecule has 0 saturated heterocycles. The molecule has 0 unspecified atom stereocenters.